The fourth-order valence-corrected chi connectivity index (χ4v) is 1.36. The Morgan fingerprint density at radius 1 is 1.38 bits per heavy atom. The van der Waals surface area contributed by atoms with E-state index in [4.69, 9.17) is 0 Å². The summed E-state index contributed by atoms with van der Waals surface area (Å²) < 4.78 is 25.4. The van der Waals surface area contributed by atoms with Crippen LogP contribution < -0.4 is 0 Å². The number of hydrogen-bond acceptors (Lipinski definition) is 3. The van der Waals surface area contributed by atoms with E-state index in [1.165, 1.54) is 0 Å². The van der Waals surface area contributed by atoms with E-state index in [2.05, 4.69) is 20.1 Å². The van der Waals surface area contributed by atoms with E-state index in [0.29, 0.717) is 6.42 Å². The molecule has 0 fully saturated rings. The Balaban J connectivity index is 2.37. The first kappa shape index (κ1) is 10.8. The van der Waals surface area contributed by atoms with Gasteiger partial charge >= 0.3 is 0 Å². The van der Waals surface area contributed by atoms with Crippen molar-refractivity contribution in [2.24, 2.45) is 0 Å². The molecule has 0 aliphatic carbocycles. The molecule has 0 radical (unpaired) electrons. The first-order valence-electron chi connectivity index (χ1n) is 3.65. The Bertz CT molecular complexity index is 286. The van der Waals surface area contributed by atoms with Crippen LogP contribution in [-0.4, -0.2) is 15.4 Å². The number of hydrogen-bond donors (Lipinski definition) is 0. The summed E-state index contributed by atoms with van der Waals surface area (Å²) in [5.74, 6) is 0. The molecule has 1 unspecified atom stereocenters. The second-order valence-electron chi connectivity index (χ2n) is 2.40. The standard InChI is InChI=1S/C8H9BrO3S/c9-8-3-1-7(2-4-8)5-6-12-13(10)11/h1-4H,5-6H2,(H,10,11)/p-1. The molecule has 0 aromatic heterocycles. The van der Waals surface area contributed by atoms with Crippen molar-refractivity contribution in [3.05, 3.63) is 34.3 Å². The Hall–Kier alpha value is -0.230. The van der Waals surface area contributed by atoms with Crippen molar-refractivity contribution < 1.29 is 12.9 Å². The van der Waals surface area contributed by atoms with Crippen LogP contribution in [-0.2, 0) is 22.0 Å². The second-order valence-corrected chi connectivity index (χ2v) is 3.96. The van der Waals surface area contributed by atoms with Gasteiger partial charge in [0, 0.05) is 4.47 Å². The lowest BCUT2D eigenvalue weighted by atomic mass is 10.2. The molecule has 1 aromatic carbocycles. The Kier molecular flexibility index (Phi) is 4.58. The van der Waals surface area contributed by atoms with E-state index in [-0.39, 0.29) is 6.61 Å². The fourth-order valence-electron chi connectivity index (χ4n) is 0.879. The van der Waals surface area contributed by atoms with Crippen LogP contribution in [0.1, 0.15) is 5.56 Å². The van der Waals surface area contributed by atoms with Crippen LogP contribution in [0.25, 0.3) is 0 Å². The SMILES string of the molecule is O=S([O-])OCCc1ccc(Br)cc1. The van der Waals surface area contributed by atoms with Gasteiger partial charge in [-0.25, -0.2) is 4.21 Å². The van der Waals surface area contributed by atoms with E-state index >= 15 is 0 Å². The van der Waals surface area contributed by atoms with E-state index < -0.39 is 11.4 Å². The topological polar surface area (TPSA) is 49.4 Å². The minimum atomic E-state index is -2.40. The number of rotatable bonds is 4. The van der Waals surface area contributed by atoms with Gasteiger partial charge in [0.05, 0.1) is 18.0 Å². The third-order valence-corrected chi connectivity index (χ3v) is 2.37. The third kappa shape index (κ3) is 4.52. The third-order valence-electron chi connectivity index (χ3n) is 1.48. The monoisotopic (exact) mass is 263 g/mol. The molecule has 72 valence electrons. The largest absolute Gasteiger partial charge is 0.750 e. The molecule has 0 aliphatic rings. The molecule has 0 saturated heterocycles. The van der Waals surface area contributed by atoms with Gasteiger partial charge in [-0.3, -0.25) is 0 Å². The van der Waals surface area contributed by atoms with E-state index in [1.54, 1.807) is 0 Å². The minimum absolute atomic E-state index is 0.192. The van der Waals surface area contributed by atoms with Gasteiger partial charge in [-0.2, -0.15) is 0 Å². The molecule has 0 heterocycles. The lowest BCUT2D eigenvalue weighted by molar-refractivity contribution is 0.304. The van der Waals surface area contributed by atoms with Gasteiger partial charge in [0.1, 0.15) is 0 Å². The lowest BCUT2D eigenvalue weighted by Gasteiger charge is -2.05. The fraction of sp³-hybridized carbons (Fsp3) is 0.250. The molecule has 0 bridgehead atoms. The predicted molar refractivity (Wildman–Crippen MR) is 52.7 cm³/mol. The highest BCUT2D eigenvalue weighted by atomic mass is 79.9. The highest BCUT2D eigenvalue weighted by molar-refractivity contribution is 9.10. The molecular formula is C8H8BrO3S-. The maximum Gasteiger partial charge on any atom is 0.0842 e. The molecule has 3 nitrogen and oxygen atoms in total. The molecule has 5 heteroatoms. The van der Waals surface area contributed by atoms with Crippen molar-refractivity contribution in [3.8, 4) is 0 Å². The Labute approximate surface area is 87.7 Å². The van der Waals surface area contributed by atoms with Gasteiger partial charge in [0.15, 0.2) is 0 Å². The average Bonchev–Trinajstić information content (AvgIpc) is 2.08. The second kappa shape index (κ2) is 5.49. The summed E-state index contributed by atoms with van der Waals surface area (Å²) in [5, 5.41) is 0. The minimum Gasteiger partial charge on any atom is -0.750 e. The van der Waals surface area contributed by atoms with Gasteiger partial charge in [0.25, 0.3) is 0 Å². The highest BCUT2D eigenvalue weighted by Crippen LogP contribution is 2.10. The summed E-state index contributed by atoms with van der Waals surface area (Å²) in [6, 6.07) is 7.65. The van der Waals surface area contributed by atoms with Gasteiger partial charge < -0.3 is 8.74 Å². The summed E-state index contributed by atoms with van der Waals surface area (Å²) in [7, 11) is 0. The number of benzene rings is 1. The van der Waals surface area contributed by atoms with Crippen molar-refractivity contribution >= 4 is 27.3 Å². The normalized spacial score (nSPS) is 12.8. The lowest BCUT2D eigenvalue weighted by Crippen LogP contribution is -2.00. The first-order valence-corrected chi connectivity index (χ1v) is 5.45. The van der Waals surface area contributed by atoms with Crippen LogP contribution in [0.3, 0.4) is 0 Å². The molecule has 0 amide bonds. The molecule has 1 rings (SSSR count). The first-order chi connectivity index (χ1) is 6.18. The van der Waals surface area contributed by atoms with Crippen LogP contribution in [0, 0.1) is 0 Å². The summed E-state index contributed by atoms with van der Waals surface area (Å²) in [6.07, 6.45) is 0.598. The maximum absolute atomic E-state index is 10.0. The van der Waals surface area contributed by atoms with E-state index in [9.17, 15) is 8.76 Å². The predicted octanol–water partition coefficient (Wildman–Crippen LogP) is 1.80. The molecule has 0 spiro atoms. The van der Waals surface area contributed by atoms with Crippen molar-refractivity contribution in [2.75, 3.05) is 6.61 Å². The average molecular weight is 264 g/mol. The smallest absolute Gasteiger partial charge is 0.0842 e. The van der Waals surface area contributed by atoms with Crippen molar-refractivity contribution in [3.63, 3.8) is 0 Å². The summed E-state index contributed by atoms with van der Waals surface area (Å²) in [4.78, 5) is 0. The molecular weight excluding hydrogens is 256 g/mol. The molecule has 0 N–H and O–H groups in total. The van der Waals surface area contributed by atoms with E-state index in [0.717, 1.165) is 10.0 Å². The summed E-state index contributed by atoms with van der Waals surface area (Å²) >= 11 is 0.904. The highest BCUT2D eigenvalue weighted by Gasteiger charge is 1.93. The van der Waals surface area contributed by atoms with Gasteiger partial charge in [-0.1, -0.05) is 28.1 Å². The van der Waals surface area contributed by atoms with Gasteiger partial charge in [-0.05, 0) is 24.1 Å². The summed E-state index contributed by atoms with van der Waals surface area (Å²) in [6.45, 7) is 0.192. The van der Waals surface area contributed by atoms with Crippen LogP contribution in [0.5, 0.6) is 0 Å². The zero-order valence-electron chi connectivity index (χ0n) is 6.73. The van der Waals surface area contributed by atoms with Gasteiger partial charge in [-0.15, -0.1) is 0 Å². The van der Waals surface area contributed by atoms with E-state index in [1.807, 2.05) is 24.3 Å². The number of halogens is 1. The Morgan fingerprint density at radius 2 is 2.00 bits per heavy atom. The quantitative estimate of drug-likeness (QED) is 0.779. The van der Waals surface area contributed by atoms with Crippen molar-refractivity contribution in [1.82, 2.24) is 0 Å². The molecule has 13 heavy (non-hydrogen) atoms. The van der Waals surface area contributed by atoms with Crippen LogP contribution in [0.2, 0.25) is 0 Å². The zero-order chi connectivity index (χ0) is 9.68. The van der Waals surface area contributed by atoms with Crippen molar-refractivity contribution in [1.29, 1.82) is 0 Å². The zero-order valence-corrected chi connectivity index (χ0v) is 9.14. The maximum atomic E-state index is 10.0. The van der Waals surface area contributed by atoms with Crippen LogP contribution in [0.4, 0.5) is 0 Å². The molecule has 1 atom stereocenters. The van der Waals surface area contributed by atoms with Crippen LogP contribution >= 0.6 is 15.9 Å². The van der Waals surface area contributed by atoms with Gasteiger partial charge in [0.2, 0.25) is 0 Å². The molecule has 0 aliphatic heterocycles. The van der Waals surface area contributed by atoms with Crippen molar-refractivity contribution in [2.45, 2.75) is 6.42 Å². The molecule has 1 aromatic rings. The molecule has 0 saturated carbocycles. The summed E-state index contributed by atoms with van der Waals surface area (Å²) in [5.41, 5.74) is 1.05. The van der Waals surface area contributed by atoms with Crippen LogP contribution in [0.15, 0.2) is 28.7 Å². The Morgan fingerprint density at radius 3 is 2.54 bits per heavy atom.